The molecule has 0 radical (unpaired) electrons. The Morgan fingerprint density at radius 3 is 2.86 bits per heavy atom. The van der Waals surface area contributed by atoms with Crippen molar-refractivity contribution in [1.29, 1.82) is 0 Å². The third-order valence-corrected chi connectivity index (χ3v) is 4.16. The van der Waals surface area contributed by atoms with Gasteiger partial charge in [-0.05, 0) is 42.8 Å². The maximum Gasteiger partial charge on any atom is 0.307 e. The molecular formula is C20H25N3O5. The summed E-state index contributed by atoms with van der Waals surface area (Å²) in [5.74, 6) is 1.13. The van der Waals surface area contributed by atoms with Crippen molar-refractivity contribution >= 4 is 12.1 Å². The van der Waals surface area contributed by atoms with Gasteiger partial charge >= 0.3 is 5.91 Å². The fourth-order valence-corrected chi connectivity index (χ4v) is 2.73. The fraction of sp³-hybridized carbons (Fsp3) is 0.400. The van der Waals surface area contributed by atoms with Gasteiger partial charge in [-0.1, -0.05) is 0 Å². The van der Waals surface area contributed by atoms with Gasteiger partial charge < -0.3 is 18.6 Å². The lowest BCUT2D eigenvalue weighted by atomic mass is 10.2. The number of morpholine rings is 1. The van der Waals surface area contributed by atoms with Crippen LogP contribution in [0.4, 0.5) is 0 Å². The van der Waals surface area contributed by atoms with Crippen LogP contribution in [-0.2, 0) is 4.74 Å². The number of hydrogen-bond donors (Lipinski definition) is 1. The zero-order valence-electron chi connectivity index (χ0n) is 15.9. The smallest absolute Gasteiger partial charge is 0.307 e. The van der Waals surface area contributed by atoms with Crippen LogP contribution in [0.15, 0.2) is 46.1 Å². The van der Waals surface area contributed by atoms with Crippen molar-refractivity contribution in [1.82, 2.24) is 10.3 Å². The van der Waals surface area contributed by atoms with Crippen molar-refractivity contribution in [2.45, 2.75) is 6.92 Å². The van der Waals surface area contributed by atoms with Gasteiger partial charge in [-0.15, -0.1) is 0 Å². The molecule has 1 aliphatic rings. The first-order chi connectivity index (χ1) is 13.8. The maximum atomic E-state index is 11.8. The zero-order valence-corrected chi connectivity index (χ0v) is 15.9. The second-order valence-corrected chi connectivity index (χ2v) is 6.12. The number of carbonyl (C=O) groups is 1. The number of ether oxygens (including phenoxy) is 3. The van der Waals surface area contributed by atoms with E-state index >= 15 is 0 Å². The lowest BCUT2D eigenvalue weighted by Gasteiger charge is -2.26. The highest BCUT2D eigenvalue weighted by Gasteiger charge is 2.11. The van der Waals surface area contributed by atoms with Crippen molar-refractivity contribution < 1.29 is 23.4 Å². The van der Waals surface area contributed by atoms with Gasteiger partial charge in [0, 0.05) is 19.6 Å². The molecule has 2 aromatic rings. The molecule has 1 aromatic carbocycles. The molecule has 8 nitrogen and oxygen atoms in total. The van der Waals surface area contributed by atoms with Crippen LogP contribution in [-0.4, -0.2) is 63.1 Å². The number of amides is 1. The van der Waals surface area contributed by atoms with Crippen LogP contribution in [0.5, 0.6) is 11.5 Å². The zero-order chi connectivity index (χ0) is 19.6. The molecule has 0 spiro atoms. The van der Waals surface area contributed by atoms with Crippen molar-refractivity contribution in [3.05, 3.63) is 47.9 Å². The fourth-order valence-electron chi connectivity index (χ4n) is 2.73. The minimum atomic E-state index is -0.408. The third kappa shape index (κ3) is 5.83. The standard InChI is InChI=1S/C20H25N3O5/c1-2-26-19-14-16(15-21-22-20(24)18-4-3-10-27-18)5-6-17(19)28-13-9-23-7-11-25-12-8-23/h3-6,10,14-15H,2,7-9,11-13H2,1H3,(H,22,24). The van der Waals surface area contributed by atoms with Crippen LogP contribution >= 0.6 is 0 Å². The van der Waals surface area contributed by atoms with Gasteiger partial charge in [0.05, 0.1) is 32.3 Å². The molecule has 0 atom stereocenters. The summed E-state index contributed by atoms with van der Waals surface area (Å²) in [6, 6.07) is 8.75. The molecule has 3 rings (SSSR count). The van der Waals surface area contributed by atoms with Crippen molar-refractivity contribution in [2.75, 3.05) is 46.1 Å². The second-order valence-electron chi connectivity index (χ2n) is 6.12. The molecule has 0 unspecified atom stereocenters. The highest BCUT2D eigenvalue weighted by Crippen LogP contribution is 2.28. The number of benzene rings is 1. The minimum Gasteiger partial charge on any atom is -0.490 e. The normalized spacial score (nSPS) is 14.9. The summed E-state index contributed by atoms with van der Waals surface area (Å²) in [6.45, 7) is 7.27. The van der Waals surface area contributed by atoms with Gasteiger partial charge in [0.15, 0.2) is 17.3 Å². The Bertz CT molecular complexity index is 770. The number of furan rings is 1. The molecule has 8 heteroatoms. The van der Waals surface area contributed by atoms with Crippen LogP contribution in [0.25, 0.3) is 0 Å². The first-order valence-electron chi connectivity index (χ1n) is 9.33. The summed E-state index contributed by atoms with van der Waals surface area (Å²) in [4.78, 5) is 14.1. The summed E-state index contributed by atoms with van der Waals surface area (Å²) in [7, 11) is 0. The largest absolute Gasteiger partial charge is 0.490 e. The molecule has 150 valence electrons. The Balaban J connectivity index is 1.55. The van der Waals surface area contributed by atoms with E-state index in [9.17, 15) is 4.79 Å². The molecule has 1 amide bonds. The van der Waals surface area contributed by atoms with Crippen LogP contribution in [0.1, 0.15) is 23.0 Å². The lowest BCUT2D eigenvalue weighted by molar-refractivity contribution is 0.0321. The monoisotopic (exact) mass is 387 g/mol. The summed E-state index contributed by atoms with van der Waals surface area (Å²) in [5, 5.41) is 3.95. The summed E-state index contributed by atoms with van der Waals surface area (Å²) in [6.07, 6.45) is 2.98. The number of hydrogen-bond acceptors (Lipinski definition) is 7. The molecule has 28 heavy (non-hydrogen) atoms. The molecule has 2 heterocycles. The van der Waals surface area contributed by atoms with Crippen molar-refractivity contribution in [3.8, 4) is 11.5 Å². The Kier molecular flexibility index (Phi) is 7.45. The van der Waals surface area contributed by atoms with Crippen LogP contribution in [0.2, 0.25) is 0 Å². The van der Waals surface area contributed by atoms with Crippen LogP contribution < -0.4 is 14.9 Å². The highest BCUT2D eigenvalue weighted by molar-refractivity contribution is 5.92. The van der Waals surface area contributed by atoms with Crippen LogP contribution in [0, 0.1) is 0 Å². The summed E-state index contributed by atoms with van der Waals surface area (Å²) >= 11 is 0. The lowest BCUT2D eigenvalue weighted by Crippen LogP contribution is -2.38. The average Bonchev–Trinajstić information content (AvgIpc) is 3.25. The maximum absolute atomic E-state index is 11.8. The third-order valence-electron chi connectivity index (χ3n) is 4.16. The van der Waals surface area contributed by atoms with Gasteiger partial charge in [-0.3, -0.25) is 9.69 Å². The highest BCUT2D eigenvalue weighted by atomic mass is 16.5. The molecule has 0 bridgehead atoms. The quantitative estimate of drug-likeness (QED) is 0.524. The van der Waals surface area contributed by atoms with E-state index in [1.165, 1.54) is 6.26 Å². The number of nitrogens with zero attached hydrogens (tertiary/aromatic N) is 2. The van der Waals surface area contributed by atoms with Gasteiger partial charge in [0.1, 0.15) is 6.61 Å². The molecule has 1 aliphatic heterocycles. The van der Waals surface area contributed by atoms with Crippen molar-refractivity contribution in [2.24, 2.45) is 5.10 Å². The molecule has 0 aliphatic carbocycles. The van der Waals surface area contributed by atoms with E-state index in [1.54, 1.807) is 18.3 Å². The van der Waals surface area contributed by atoms with Gasteiger partial charge in [0.25, 0.3) is 0 Å². The molecule has 1 aromatic heterocycles. The van der Waals surface area contributed by atoms with Crippen LogP contribution in [0.3, 0.4) is 0 Å². The number of hydrazone groups is 1. The molecule has 1 saturated heterocycles. The van der Waals surface area contributed by atoms with Crippen molar-refractivity contribution in [3.63, 3.8) is 0 Å². The van der Waals surface area contributed by atoms with E-state index in [-0.39, 0.29) is 5.76 Å². The molecular weight excluding hydrogens is 362 g/mol. The summed E-state index contributed by atoms with van der Waals surface area (Å²) in [5.41, 5.74) is 3.20. The SMILES string of the molecule is CCOc1cc(C=NNC(=O)c2ccco2)ccc1OCCN1CCOCC1. The Labute approximate surface area is 164 Å². The molecule has 1 N–H and O–H groups in total. The first kappa shape index (κ1) is 19.9. The van der Waals surface area contributed by atoms with Gasteiger partial charge in [-0.25, -0.2) is 5.43 Å². The second kappa shape index (κ2) is 10.5. The predicted molar refractivity (Wildman–Crippen MR) is 104 cm³/mol. The molecule has 0 saturated carbocycles. The predicted octanol–water partition coefficient (Wildman–Crippen LogP) is 2.15. The minimum absolute atomic E-state index is 0.205. The number of carbonyl (C=O) groups excluding carboxylic acids is 1. The molecule has 1 fully saturated rings. The van der Waals surface area contributed by atoms with E-state index < -0.39 is 5.91 Å². The topological polar surface area (TPSA) is 85.5 Å². The van der Waals surface area contributed by atoms with E-state index in [0.29, 0.717) is 24.7 Å². The van der Waals surface area contributed by atoms with E-state index in [1.807, 2.05) is 25.1 Å². The van der Waals surface area contributed by atoms with Gasteiger partial charge in [0.2, 0.25) is 0 Å². The number of nitrogens with one attached hydrogen (secondary N) is 1. The Hall–Kier alpha value is -2.84. The van der Waals surface area contributed by atoms with E-state index in [2.05, 4.69) is 15.4 Å². The number of rotatable bonds is 9. The Morgan fingerprint density at radius 2 is 2.11 bits per heavy atom. The summed E-state index contributed by atoms with van der Waals surface area (Å²) < 4.78 is 22.0. The van der Waals surface area contributed by atoms with E-state index in [0.717, 1.165) is 38.4 Å². The first-order valence-corrected chi connectivity index (χ1v) is 9.33. The average molecular weight is 387 g/mol. The van der Waals surface area contributed by atoms with Gasteiger partial charge in [-0.2, -0.15) is 5.10 Å². The Morgan fingerprint density at radius 1 is 1.25 bits per heavy atom. The van der Waals surface area contributed by atoms with E-state index in [4.69, 9.17) is 18.6 Å².